The van der Waals surface area contributed by atoms with Crippen LogP contribution in [0.15, 0.2) is 48.7 Å². The standard InChI is InChI=1S/C29H31F2N5O4/c1-39-10-9-36-29-20(14-33-36)28(35-15-18(32)13-19(35)16-37)17(11-22(29)31)12-25(38)23-6-4-7-24(34-23)27-21(30)5-3-8-26(27)40-2/h3-8,11,14,18-19,37H,9-10,12-13,15-16,32H2,1-2H3/t18-,19-/m0/s1. The van der Waals surface area contributed by atoms with Crippen LogP contribution < -0.4 is 15.4 Å². The summed E-state index contributed by atoms with van der Waals surface area (Å²) in [5.74, 6) is -1.15. The number of fused-ring (bicyclic) bond motifs is 1. The minimum Gasteiger partial charge on any atom is -0.496 e. The predicted molar refractivity (Wildman–Crippen MR) is 147 cm³/mol. The van der Waals surface area contributed by atoms with Gasteiger partial charge >= 0.3 is 0 Å². The Morgan fingerprint density at radius 1 is 1.18 bits per heavy atom. The highest BCUT2D eigenvalue weighted by atomic mass is 19.1. The van der Waals surface area contributed by atoms with Crippen LogP contribution in [-0.2, 0) is 17.7 Å². The number of ketones is 1. The first-order chi connectivity index (χ1) is 19.4. The van der Waals surface area contributed by atoms with Crippen LogP contribution in [0.4, 0.5) is 14.5 Å². The molecule has 1 fully saturated rings. The number of carbonyl (C=O) groups is 1. The molecular formula is C29H31F2N5O4. The lowest BCUT2D eigenvalue weighted by atomic mass is 9.99. The van der Waals surface area contributed by atoms with Gasteiger partial charge < -0.3 is 25.2 Å². The van der Waals surface area contributed by atoms with Gasteiger partial charge in [0.05, 0.1) is 56.1 Å². The Labute approximate surface area is 230 Å². The summed E-state index contributed by atoms with van der Waals surface area (Å²) in [6.45, 7) is 0.964. The molecule has 1 aliphatic heterocycles. The van der Waals surface area contributed by atoms with Gasteiger partial charge in [0, 0.05) is 31.5 Å². The molecular weight excluding hydrogens is 520 g/mol. The zero-order chi connectivity index (χ0) is 28.4. The Balaban J connectivity index is 1.57. The summed E-state index contributed by atoms with van der Waals surface area (Å²) in [5, 5.41) is 15.0. The monoisotopic (exact) mass is 551 g/mol. The van der Waals surface area contributed by atoms with Crippen molar-refractivity contribution < 1.29 is 28.2 Å². The second-order valence-electron chi connectivity index (χ2n) is 9.80. The molecule has 1 aliphatic rings. The zero-order valence-corrected chi connectivity index (χ0v) is 22.3. The van der Waals surface area contributed by atoms with Gasteiger partial charge in [-0.15, -0.1) is 0 Å². The summed E-state index contributed by atoms with van der Waals surface area (Å²) in [4.78, 5) is 19.9. The molecule has 5 rings (SSSR count). The first-order valence-electron chi connectivity index (χ1n) is 13.0. The molecule has 1 saturated heterocycles. The van der Waals surface area contributed by atoms with Gasteiger partial charge in [-0.25, -0.2) is 13.8 Å². The van der Waals surface area contributed by atoms with Crippen molar-refractivity contribution in [2.75, 3.05) is 38.9 Å². The summed E-state index contributed by atoms with van der Waals surface area (Å²) < 4.78 is 42.3. The van der Waals surface area contributed by atoms with Crippen molar-refractivity contribution in [3.05, 3.63) is 71.6 Å². The number of aliphatic hydroxyl groups excluding tert-OH is 1. The molecule has 0 aliphatic carbocycles. The first-order valence-corrected chi connectivity index (χ1v) is 13.0. The molecule has 2 aromatic heterocycles. The number of methoxy groups -OCH3 is 2. The number of benzene rings is 2. The minimum atomic E-state index is -0.531. The highest BCUT2D eigenvalue weighted by molar-refractivity contribution is 6.01. The third-order valence-electron chi connectivity index (χ3n) is 7.22. The van der Waals surface area contributed by atoms with E-state index in [1.807, 2.05) is 4.90 Å². The van der Waals surface area contributed by atoms with Crippen LogP contribution >= 0.6 is 0 Å². The number of carbonyl (C=O) groups excluding carboxylic acids is 1. The third kappa shape index (κ3) is 5.15. The van der Waals surface area contributed by atoms with Crippen LogP contribution in [-0.4, -0.2) is 71.7 Å². The van der Waals surface area contributed by atoms with Crippen LogP contribution in [0.5, 0.6) is 5.75 Å². The summed E-state index contributed by atoms with van der Waals surface area (Å²) in [5.41, 5.74) is 8.04. The molecule has 4 aromatic rings. The van der Waals surface area contributed by atoms with Crippen molar-refractivity contribution in [1.82, 2.24) is 14.8 Å². The number of ether oxygens (including phenoxy) is 2. The van der Waals surface area contributed by atoms with E-state index in [-0.39, 0.29) is 59.1 Å². The number of nitrogens with two attached hydrogens (primary N) is 1. The van der Waals surface area contributed by atoms with Gasteiger partial charge in [-0.1, -0.05) is 12.1 Å². The molecule has 0 unspecified atom stereocenters. The average molecular weight is 552 g/mol. The van der Waals surface area contributed by atoms with E-state index >= 15 is 4.39 Å². The lowest BCUT2D eigenvalue weighted by Crippen LogP contribution is -2.34. The molecule has 40 heavy (non-hydrogen) atoms. The molecule has 11 heteroatoms. The Morgan fingerprint density at radius 2 is 1.98 bits per heavy atom. The predicted octanol–water partition coefficient (Wildman–Crippen LogP) is 3.36. The Kier molecular flexibility index (Phi) is 8.06. The number of aliphatic hydroxyl groups is 1. The van der Waals surface area contributed by atoms with Crippen molar-refractivity contribution in [1.29, 1.82) is 0 Å². The number of halogens is 2. The van der Waals surface area contributed by atoms with Crippen molar-refractivity contribution in [3.63, 3.8) is 0 Å². The van der Waals surface area contributed by atoms with E-state index in [9.17, 15) is 14.3 Å². The normalized spacial score (nSPS) is 17.1. The van der Waals surface area contributed by atoms with Crippen LogP contribution in [0.2, 0.25) is 0 Å². The maximum Gasteiger partial charge on any atom is 0.185 e. The second kappa shape index (κ2) is 11.7. The van der Waals surface area contributed by atoms with Crippen LogP contribution in [0, 0.1) is 11.6 Å². The molecule has 2 atom stereocenters. The molecule has 9 nitrogen and oxygen atoms in total. The highest BCUT2D eigenvalue weighted by Gasteiger charge is 2.34. The summed E-state index contributed by atoms with van der Waals surface area (Å²) in [7, 11) is 2.99. The molecule has 210 valence electrons. The average Bonchev–Trinajstić information content (AvgIpc) is 3.55. The Bertz CT molecular complexity index is 1540. The van der Waals surface area contributed by atoms with E-state index in [4.69, 9.17) is 15.2 Å². The molecule has 0 saturated carbocycles. The minimum absolute atomic E-state index is 0.0990. The smallest absolute Gasteiger partial charge is 0.185 e. The molecule has 0 spiro atoms. The number of nitrogens with zero attached hydrogens (tertiary/aromatic N) is 4. The SMILES string of the molecule is COCCn1ncc2c(N3C[C@@H](N)C[C@H]3CO)c(CC(=O)c3cccc(-c4c(F)cccc4OC)n3)cc(F)c21. The van der Waals surface area contributed by atoms with Crippen molar-refractivity contribution in [2.24, 2.45) is 5.73 Å². The summed E-state index contributed by atoms with van der Waals surface area (Å²) in [6.07, 6.45) is 1.94. The summed E-state index contributed by atoms with van der Waals surface area (Å²) in [6, 6.07) is 10.0. The number of rotatable bonds is 10. The van der Waals surface area contributed by atoms with Crippen molar-refractivity contribution >= 4 is 22.4 Å². The summed E-state index contributed by atoms with van der Waals surface area (Å²) >= 11 is 0. The number of hydrogen-bond acceptors (Lipinski definition) is 8. The number of pyridine rings is 1. The van der Waals surface area contributed by atoms with E-state index < -0.39 is 11.6 Å². The fraction of sp³-hybridized carbons (Fsp3) is 0.345. The highest BCUT2D eigenvalue weighted by Crippen LogP contribution is 2.38. The van der Waals surface area contributed by atoms with Gasteiger partial charge in [0.15, 0.2) is 5.78 Å². The lowest BCUT2D eigenvalue weighted by molar-refractivity contribution is 0.0988. The van der Waals surface area contributed by atoms with Gasteiger partial charge in [-0.3, -0.25) is 9.48 Å². The van der Waals surface area contributed by atoms with E-state index in [0.717, 1.165) is 0 Å². The van der Waals surface area contributed by atoms with E-state index in [0.29, 0.717) is 42.8 Å². The fourth-order valence-corrected chi connectivity index (χ4v) is 5.41. The molecule has 0 bridgehead atoms. The van der Waals surface area contributed by atoms with Gasteiger partial charge in [-0.05, 0) is 42.3 Å². The Hall–Kier alpha value is -3.93. The number of Topliss-reactive ketones (excluding diaryl/α,β-unsaturated/α-hetero) is 1. The molecule has 0 radical (unpaired) electrons. The third-order valence-corrected chi connectivity index (χ3v) is 7.22. The van der Waals surface area contributed by atoms with Crippen LogP contribution in [0.3, 0.4) is 0 Å². The zero-order valence-electron chi connectivity index (χ0n) is 22.3. The Morgan fingerprint density at radius 3 is 2.73 bits per heavy atom. The number of hydrogen-bond donors (Lipinski definition) is 2. The number of anilines is 1. The largest absolute Gasteiger partial charge is 0.496 e. The fourth-order valence-electron chi connectivity index (χ4n) is 5.41. The number of aromatic nitrogens is 3. The van der Waals surface area contributed by atoms with Crippen LogP contribution in [0.25, 0.3) is 22.2 Å². The van der Waals surface area contributed by atoms with Gasteiger partial charge in [0.2, 0.25) is 0 Å². The molecule has 3 N–H and O–H groups in total. The van der Waals surface area contributed by atoms with Gasteiger partial charge in [-0.2, -0.15) is 5.10 Å². The maximum absolute atomic E-state index is 15.6. The van der Waals surface area contributed by atoms with E-state index in [2.05, 4.69) is 10.1 Å². The topological polar surface area (TPSA) is 116 Å². The van der Waals surface area contributed by atoms with E-state index in [1.165, 1.54) is 30.0 Å². The van der Waals surface area contributed by atoms with Gasteiger partial charge in [0.1, 0.15) is 28.6 Å². The lowest BCUT2D eigenvalue weighted by Gasteiger charge is -2.28. The molecule has 2 aromatic carbocycles. The molecule has 3 heterocycles. The van der Waals surface area contributed by atoms with E-state index in [1.54, 1.807) is 37.6 Å². The first kappa shape index (κ1) is 27.6. The molecule has 0 amide bonds. The maximum atomic E-state index is 15.6. The van der Waals surface area contributed by atoms with Crippen LogP contribution in [0.1, 0.15) is 22.5 Å². The van der Waals surface area contributed by atoms with Crippen molar-refractivity contribution in [3.8, 4) is 17.0 Å². The van der Waals surface area contributed by atoms with Gasteiger partial charge in [0.25, 0.3) is 0 Å². The van der Waals surface area contributed by atoms with Crippen molar-refractivity contribution in [2.45, 2.75) is 31.5 Å². The quantitative estimate of drug-likeness (QED) is 0.289. The second-order valence-corrected chi connectivity index (χ2v) is 9.80.